The molecule has 0 N–H and O–H groups in total. The van der Waals surface area contributed by atoms with Crippen LogP contribution in [0.4, 0.5) is 13.2 Å². The van der Waals surface area contributed by atoms with E-state index in [0.29, 0.717) is 24.4 Å². The highest BCUT2D eigenvalue weighted by Crippen LogP contribution is 2.33. The summed E-state index contributed by atoms with van der Waals surface area (Å²) in [5, 5.41) is 14.6. The van der Waals surface area contributed by atoms with E-state index in [4.69, 9.17) is 9.26 Å². The van der Waals surface area contributed by atoms with Gasteiger partial charge in [-0.2, -0.15) is 0 Å². The van der Waals surface area contributed by atoms with Crippen molar-refractivity contribution in [1.29, 1.82) is 0 Å². The fraction of sp³-hybridized carbons (Fsp3) is 0.194. The van der Waals surface area contributed by atoms with Gasteiger partial charge in [-0.25, -0.2) is 22.6 Å². The summed E-state index contributed by atoms with van der Waals surface area (Å²) in [5.74, 6) is -5.30. The lowest BCUT2D eigenvalue weighted by Crippen LogP contribution is -2.41. The number of esters is 1. The molecule has 0 aliphatic carbocycles. The van der Waals surface area contributed by atoms with Crippen LogP contribution >= 0.6 is 0 Å². The molecule has 222 valence electrons. The number of hydrogen-bond donors (Lipinski definition) is 0. The van der Waals surface area contributed by atoms with Gasteiger partial charge in [0.1, 0.15) is 29.2 Å². The van der Waals surface area contributed by atoms with Crippen LogP contribution in [-0.2, 0) is 16.1 Å². The molecule has 2 atom stereocenters. The Hall–Kier alpha value is -5.46. The monoisotopic (exact) mass is 600 g/mol. The van der Waals surface area contributed by atoms with Crippen LogP contribution in [0.25, 0.3) is 33.1 Å². The van der Waals surface area contributed by atoms with E-state index in [2.05, 4.69) is 44.3 Å². The fourth-order valence-corrected chi connectivity index (χ4v) is 5.91. The van der Waals surface area contributed by atoms with Crippen LogP contribution in [0.15, 0.2) is 77.4 Å². The zero-order valence-corrected chi connectivity index (χ0v) is 23.2. The Morgan fingerprint density at radius 3 is 2.30 bits per heavy atom. The maximum absolute atomic E-state index is 14.3. The van der Waals surface area contributed by atoms with E-state index in [1.807, 2.05) is 24.3 Å². The molecule has 4 heterocycles. The van der Waals surface area contributed by atoms with Crippen LogP contribution in [0.3, 0.4) is 0 Å². The van der Waals surface area contributed by atoms with Gasteiger partial charge in [0.25, 0.3) is 5.91 Å². The van der Waals surface area contributed by atoms with Crippen LogP contribution in [-0.4, -0.2) is 61.2 Å². The Morgan fingerprint density at radius 2 is 1.64 bits per heavy atom. The van der Waals surface area contributed by atoms with Gasteiger partial charge < -0.3 is 18.7 Å². The first-order chi connectivity index (χ1) is 21.3. The Labute approximate surface area is 247 Å². The van der Waals surface area contributed by atoms with Crippen molar-refractivity contribution >= 4 is 33.7 Å². The van der Waals surface area contributed by atoms with Crippen molar-refractivity contribution in [2.75, 3.05) is 13.7 Å². The van der Waals surface area contributed by atoms with E-state index in [1.54, 1.807) is 10.9 Å². The third-order valence-electron chi connectivity index (χ3n) is 7.93. The van der Waals surface area contributed by atoms with Gasteiger partial charge in [0, 0.05) is 53.0 Å². The summed E-state index contributed by atoms with van der Waals surface area (Å²) in [6.07, 6.45) is 1.97. The molecule has 6 aromatic rings. The number of carbonyl (C=O) groups excluding carboxylic acids is 2. The second-order valence-corrected chi connectivity index (χ2v) is 10.5. The Kier molecular flexibility index (Phi) is 6.64. The predicted octanol–water partition coefficient (Wildman–Crippen LogP) is 5.14. The second kappa shape index (κ2) is 10.7. The fourth-order valence-electron chi connectivity index (χ4n) is 5.91. The van der Waals surface area contributed by atoms with E-state index in [9.17, 15) is 22.8 Å². The van der Waals surface area contributed by atoms with Crippen molar-refractivity contribution in [3.8, 4) is 11.3 Å². The van der Waals surface area contributed by atoms with Gasteiger partial charge in [0.05, 0.1) is 31.5 Å². The number of rotatable bonds is 6. The van der Waals surface area contributed by atoms with Gasteiger partial charge >= 0.3 is 5.97 Å². The zero-order valence-electron chi connectivity index (χ0n) is 23.2. The molecule has 0 bridgehead atoms. The molecule has 1 amide bonds. The van der Waals surface area contributed by atoms with Crippen molar-refractivity contribution in [3.63, 3.8) is 0 Å². The molecule has 1 fully saturated rings. The van der Waals surface area contributed by atoms with Crippen LogP contribution in [0.5, 0.6) is 0 Å². The highest BCUT2D eigenvalue weighted by Gasteiger charge is 2.43. The Morgan fingerprint density at radius 1 is 0.977 bits per heavy atom. The molecule has 7 rings (SSSR count). The molecule has 0 spiro atoms. The summed E-state index contributed by atoms with van der Waals surface area (Å²) in [7, 11) is 1.21. The average molecular weight is 601 g/mol. The minimum absolute atomic E-state index is 0.0538. The summed E-state index contributed by atoms with van der Waals surface area (Å²) in [5.41, 5.74) is 1.84. The predicted molar refractivity (Wildman–Crippen MR) is 151 cm³/mol. The zero-order chi connectivity index (χ0) is 30.5. The van der Waals surface area contributed by atoms with E-state index < -0.39 is 52.7 Å². The lowest BCUT2D eigenvalue weighted by Gasteiger charge is -2.21. The molecule has 3 aromatic heterocycles. The highest BCUT2D eigenvalue weighted by molar-refractivity contribution is 6.08. The SMILES string of the molecule is COC(=O)[C@@H]1C[C@H](n2cc(Cn3c4ccccc4c4ccccc43)nn2)CN1C(=O)c1cc(-c2c(F)cc(F)cc2F)on1. The number of carbonyl (C=O) groups is 2. The lowest BCUT2D eigenvalue weighted by atomic mass is 10.1. The molecule has 1 aliphatic rings. The number of halogens is 3. The van der Waals surface area contributed by atoms with E-state index in [0.717, 1.165) is 27.9 Å². The lowest BCUT2D eigenvalue weighted by molar-refractivity contribution is -0.145. The van der Waals surface area contributed by atoms with Gasteiger partial charge in [-0.1, -0.05) is 46.8 Å². The number of hydrogen-bond acceptors (Lipinski definition) is 7. The third kappa shape index (κ3) is 4.57. The molecule has 44 heavy (non-hydrogen) atoms. The summed E-state index contributed by atoms with van der Waals surface area (Å²) in [4.78, 5) is 27.4. The third-order valence-corrected chi connectivity index (χ3v) is 7.93. The van der Waals surface area contributed by atoms with Crippen molar-refractivity contribution in [1.82, 2.24) is 29.6 Å². The molecular weight excluding hydrogens is 577 g/mol. The quantitative estimate of drug-likeness (QED) is 0.244. The summed E-state index contributed by atoms with van der Waals surface area (Å²) in [6, 6.07) is 16.8. The molecule has 10 nitrogen and oxygen atoms in total. The molecule has 13 heteroatoms. The van der Waals surface area contributed by atoms with Crippen LogP contribution in [0.1, 0.15) is 28.6 Å². The molecule has 0 saturated carbocycles. The Bertz CT molecular complexity index is 1990. The van der Waals surface area contributed by atoms with E-state index in [1.165, 1.54) is 12.0 Å². The van der Waals surface area contributed by atoms with Gasteiger partial charge in [-0.3, -0.25) is 4.79 Å². The van der Waals surface area contributed by atoms with Gasteiger partial charge in [0.15, 0.2) is 11.5 Å². The number of nitrogens with zero attached hydrogens (tertiary/aromatic N) is 6. The van der Waals surface area contributed by atoms with Gasteiger partial charge in [-0.05, 0) is 12.1 Å². The minimum Gasteiger partial charge on any atom is -0.467 e. The largest absolute Gasteiger partial charge is 0.467 e. The summed E-state index contributed by atoms with van der Waals surface area (Å²) >= 11 is 0. The van der Waals surface area contributed by atoms with E-state index >= 15 is 0 Å². The number of fused-ring (bicyclic) bond motifs is 3. The molecular formula is C31H23F3N6O4. The standard InChI is InChI=1S/C31H23F3N6O4/c1-43-31(42)27-12-19(16-39(27)30(41)24-13-28(44-36-24)29-22(33)10-17(32)11-23(29)34)40-15-18(35-37-40)14-38-25-8-4-2-6-20(25)21-7-3-5-9-26(21)38/h2-11,13,15,19,27H,12,14,16H2,1H3/t19-,27-/m0/s1. The number of likely N-dealkylation sites (tertiary alicyclic amines) is 1. The molecule has 3 aromatic carbocycles. The van der Waals surface area contributed by atoms with Crippen LogP contribution in [0.2, 0.25) is 0 Å². The van der Waals surface area contributed by atoms with E-state index in [-0.39, 0.29) is 18.7 Å². The first kappa shape index (κ1) is 27.4. The number of para-hydroxylation sites is 2. The normalized spacial score (nSPS) is 16.7. The number of methoxy groups -OCH3 is 1. The molecule has 1 aliphatic heterocycles. The Balaban J connectivity index is 1.15. The smallest absolute Gasteiger partial charge is 0.328 e. The minimum atomic E-state index is -1.21. The first-order valence-corrected chi connectivity index (χ1v) is 13.7. The summed E-state index contributed by atoms with van der Waals surface area (Å²) < 4.78 is 55.7. The molecule has 1 saturated heterocycles. The van der Waals surface area contributed by atoms with Crippen molar-refractivity contribution in [2.24, 2.45) is 0 Å². The van der Waals surface area contributed by atoms with Gasteiger partial charge in [0.2, 0.25) is 0 Å². The number of aromatic nitrogens is 5. The van der Waals surface area contributed by atoms with Gasteiger partial charge in [-0.15, -0.1) is 5.10 Å². The van der Waals surface area contributed by atoms with Crippen LogP contribution < -0.4 is 0 Å². The highest BCUT2D eigenvalue weighted by atomic mass is 19.1. The average Bonchev–Trinajstić information content (AvgIpc) is 3.82. The number of amides is 1. The maximum Gasteiger partial charge on any atom is 0.328 e. The maximum atomic E-state index is 14.3. The molecule has 0 radical (unpaired) electrons. The number of benzene rings is 3. The van der Waals surface area contributed by atoms with Crippen molar-refractivity contribution < 1.29 is 32.0 Å². The molecule has 0 unspecified atom stereocenters. The first-order valence-electron chi connectivity index (χ1n) is 13.7. The van der Waals surface area contributed by atoms with Crippen molar-refractivity contribution in [3.05, 3.63) is 102 Å². The van der Waals surface area contributed by atoms with Crippen molar-refractivity contribution in [2.45, 2.75) is 25.0 Å². The number of ether oxygens (including phenoxy) is 1. The summed E-state index contributed by atoms with van der Waals surface area (Å²) in [6.45, 7) is 0.500. The second-order valence-electron chi connectivity index (χ2n) is 10.5. The van der Waals surface area contributed by atoms with Crippen LogP contribution in [0, 0.1) is 17.5 Å². The topological polar surface area (TPSA) is 108 Å².